The van der Waals surface area contributed by atoms with Gasteiger partial charge >= 0.3 is 0 Å². The van der Waals surface area contributed by atoms with E-state index in [9.17, 15) is 0 Å². The van der Waals surface area contributed by atoms with Crippen LogP contribution >= 0.6 is 11.3 Å². The first-order valence-corrected chi connectivity index (χ1v) is 8.93. The zero-order valence-corrected chi connectivity index (χ0v) is 13.8. The molecule has 2 fully saturated rings. The first-order valence-electron chi connectivity index (χ1n) is 8.11. The Morgan fingerprint density at radius 1 is 1.35 bits per heavy atom. The fourth-order valence-electron chi connectivity index (χ4n) is 2.51. The first-order chi connectivity index (χ1) is 9.67. The second-order valence-electron chi connectivity index (χ2n) is 6.59. The lowest BCUT2D eigenvalue weighted by molar-refractivity contribution is 0.660. The fraction of sp³-hybridized carbons (Fsp3) is 0.812. The van der Waals surface area contributed by atoms with Crippen LogP contribution in [-0.4, -0.2) is 24.6 Å². The van der Waals surface area contributed by atoms with Gasteiger partial charge in [-0.15, -0.1) is 11.3 Å². The first kappa shape index (κ1) is 14.3. The van der Waals surface area contributed by atoms with Gasteiger partial charge in [-0.2, -0.15) is 0 Å². The molecule has 2 aliphatic rings. The van der Waals surface area contributed by atoms with Crippen molar-refractivity contribution < 1.29 is 0 Å². The van der Waals surface area contributed by atoms with E-state index in [0.717, 1.165) is 18.5 Å². The average Bonchev–Trinajstić information content (AvgIpc) is 3.36. The molecular weight excluding hydrogens is 266 g/mol. The van der Waals surface area contributed by atoms with Gasteiger partial charge in [0.1, 0.15) is 0 Å². The van der Waals surface area contributed by atoms with Gasteiger partial charge in [0.2, 0.25) is 0 Å². The molecule has 1 N–H and O–H groups in total. The number of hydrogen-bond acceptors (Lipinski definition) is 4. The van der Waals surface area contributed by atoms with Crippen LogP contribution in [0.25, 0.3) is 0 Å². The fourth-order valence-corrected chi connectivity index (χ4v) is 3.61. The monoisotopic (exact) mass is 293 g/mol. The van der Waals surface area contributed by atoms with E-state index in [1.165, 1.54) is 54.4 Å². The molecule has 20 heavy (non-hydrogen) atoms. The van der Waals surface area contributed by atoms with Crippen LogP contribution < -0.4 is 10.2 Å². The summed E-state index contributed by atoms with van der Waals surface area (Å²) < 4.78 is 0. The van der Waals surface area contributed by atoms with Crippen molar-refractivity contribution in [3.05, 3.63) is 10.6 Å². The lowest BCUT2D eigenvalue weighted by Gasteiger charge is -2.14. The predicted octanol–water partition coefficient (Wildman–Crippen LogP) is 3.75. The molecule has 0 aliphatic heterocycles. The molecule has 2 saturated carbocycles. The van der Waals surface area contributed by atoms with Gasteiger partial charge in [-0.3, -0.25) is 0 Å². The third-order valence-electron chi connectivity index (χ3n) is 4.48. The van der Waals surface area contributed by atoms with Crippen LogP contribution in [0.15, 0.2) is 0 Å². The Morgan fingerprint density at radius 3 is 2.70 bits per heavy atom. The molecule has 1 heterocycles. The van der Waals surface area contributed by atoms with Crippen molar-refractivity contribution in [2.24, 2.45) is 5.92 Å². The Bertz CT molecular complexity index is 449. The predicted molar refractivity (Wildman–Crippen MR) is 86.7 cm³/mol. The smallest absolute Gasteiger partial charge is 0.185 e. The van der Waals surface area contributed by atoms with Gasteiger partial charge in [0, 0.05) is 31.1 Å². The lowest BCUT2D eigenvalue weighted by atomic mass is 10.0. The maximum atomic E-state index is 4.96. The molecule has 3 rings (SSSR count). The number of anilines is 1. The van der Waals surface area contributed by atoms with Crippen molar-refractivity contribution in [2.45, 2.75) is 64.5 Å². The Hall–Kier alpha value is -0.610. The molecule has 1 aromatic heterocycles. The molecule has 0 bridgehead atoms. The van der Waals surface area contributed by atoms with Crippen LogP contribution in [0.4, 0.5) is 5.13 Å². The van der Waals surface area contributed by atoms with E-state index < -0.39 is 0 Å². The van der Waals surface area contributed by atoms with Gasteiger partial charge in [-0.1, -0.05) is 13.8 Å². The van der Waals surface area contributed by atoms with E-state index in [4.69, 9.17) is 4.98 Å². The van der Waals surface area contributed by atoms with Crippen LogP contribution in [0.5, 0.6) is 0 Å². The minimum atomic E-state index is 0.574. The molecule has 1 atom stereocenters. The van der Waals surface area contributed by atoms with Crippen molar-refractivity contribution >= 4 is 16.5 Å². The minimum Gasteiger partial charge on any atom is -0.351 e. The number of nitrogens with one attached hydrogen (secondary N) is 1. The van der Waals surface area contributed by atoms with E-state index in [2.05, 4.69) is 31.1 Å². The number of aromatic nitrogens is 1. The van der Waals surface area contributed by atoms with Crippen molar-refractivity contribution in [1.82, 2.24) is 10.3 Å². The van der Waals surface area contributed by atoms with Gasteiger partial charge in [-0.25, -0.2) is 4.98 Å². The van der Waals surface area contributed by atoms with E-state index in [1.54, 1.807) is 0 Å². The summed E-state index contributed by atoms with van der Waals surface area (Å²) >= 11 is 1.90. The second-order valence-corrected chi connectivity index (χ2v) is 7.66. The van der Waals surface area contributed by atoms with Gasteiger partial charge < -0.3 is 10.2 Å². The summed E-state index contributed by atoms with van der Waals surface area (Å²) in [5.74, 6) is 1.49. The highest BCUT2D eigenvalue weighted by Crippen LogP contribution is 2.35. The zero-order valence-electron chi connectivity index (χ0n) is 13.0. The molecule has 3 nitrogen and oxygen atoms in total. The van der Waals surface area contributed by atoms with Crippen LogP contribution in [0.1, 0.15) is 62.4 Å². The van der Waals surface area contributed by atoms with Crippen LogP contribution in [0, 0.1) is 5.92 Å². The highest BCUT2D eigenvalue weighted by molar-refractivity contribution is 7.15. The Labute approximate surface area is 126 Å². The normalized spacial score (nSPS) is 20.1. The Kier molecular flexibility index (Phi) is 4.32. The van der Waals surface area contributed by atoms with Gasteiger partial charge in [0.05, 0.1) is 5.69 Å². The molecule has 1 aromatic rings. The van der Waals surface area contributed by atoms with Gasteiger partial charge in [0.25, 0.3) is 0 Å². The quantitative estimate of drug-likeness (QED) is 0.791. The van der Waals surface area contributed by atoms with Crippen LogP contribution in [0.2, 0.25) is 0 Å². The molecule has 0 saturated heterocycles. The summed E-state index contributed by atoms with van der Waals surface area (Å²) in [6, 6.07) is 0.773. The molecule has 2 aliphatic carbocycles. The summed E-state index contributed by atoms with van der Waals surface area (Å²) in [6.07, 6.45) is 6.69. The van der Waals surface area contributed by atoms with Crippen molar-refractivity contribution in [3.63, 3.8) is 0 Å². The molecule has 0 radical (unpaired) electrons. The van der Waals surface area contributed by atoms with Crippen molar-refractivity contribution in [1.29, 1.82) is 0 Å². The average molecular weight is 293 g/mol. The topological polar surface area (TPSA) is 28.2 Å². The SMILES string of the molecule is CCC(C)c1nc(N(C)CC2CC2)sc1CNC1CC1. The maximum absolute atomic E-state index is 4.96. The van der Waals surface area contributed by atoms with Crippen LogP contribution in [0.3, 0.4) is 0 Å². The van der Waals surface area contributed by atoms with Crippen LogP contribution in [-0.2, 0) is 6.54 Å². The van der Waals surface area contributed by atoms with E-state index in [1.807, 2.05) is 11.3 Å². The van der Waals surface area contributed by atoms with Gasteiger partial charge in [-0.05, 0) is 43.9 Å². The summed E-state index contributed by atoms with van der Waals surface area (Å²) in [5.41, 5.74) is 1.34. The molecule has 0 amide bonds. The summed E-state index contributed by atoms with van der Waals surface area (Å²) in [7, 11) is 2.20. The van der Waals surface area contributed by atoms with E-state index in [-0.39, 0.29) is 0 Å². The summed E-state index contributed by atoms with van der Waals surface area (Å²) in [4.78, 5) is 8.80. The zero-order chi connectivity index (χ0) is 14.1. The molecule has 112 valence electrons. The minimum absolute atomic E-state index is 0.574. The number of nitrogens with zero attached hydrogens (tertiary/aromatic N) is 2. The molecule has 0 aromatic carbocycles. The third-order valence-corrected chi connectivity index (χ3v) is 5.67. The Balaban J connectivity index is 1.71. The molecule has 4 heteroatoms. The molecule has 1 unspecified atom stereocenters. The van der Waals surface area contributed by atoms with Crippen molar-refractivity contribution in [2.75, 3.05) is 18.5 Å². The summed E-state index contributed by atoms with van der Waals surface area (Å²) in [5, 5.41) is 4.87. The highest BCUT2D eigenvalue weighted by atomic mass is 32.1. The largest absolute Gasteiger partial charge is 0.351 e. The lowest BCUT2D eigenvalue weighted by Crippen LogP contribution is -2.19. The summed E-state index contributed by atoms with van der Waals surface area (Å²) in [6.45, 7) is 6.76. The molecular formula is C16H27N3S. The number of hydrogen-bond donors (Lipinski definition) is 1. The third kappa shape index (κ3) is 3.53. The standard InChI is InChI=1S/C16H27N3S/c1-4-11(2)15-14(9-17-13-7-8-13)20-16(18-15)19(3)10-12-5-6-12/h11-13,17H,4-10H2,1-3H3. The van der Waals surface area contributed by atoms with E-state index >= 15 is 0 Å². The highest BCUT2D eigenvalue weighted by Gasteiger charge is 2.26. The molecule has 0 spiro atoms. The Morgan fingerprint density at radius 2 is 2.10 bits per heavy atom. The van der Waals surface area contributed by atoms with Crippen molar-refractivity contribution in [3.8, 4) is 0 Å². The van der Waals surface area contributed by atoms with E-state index in [0.29, 0.717) is 5.92 Å². The maximum Gasteiger partial charge on any atom is 0.185 e. The second kappa shape index (κ2) is 6.02. The van der Waals surface area contributed by atoms with Gasteiger partial charge in [0.15, 0.2) is 5.13 Å². The number of thiazole rings is 1. The number of rotatable bonds is 8.